The summed E-state index contributed by atoms with van der Waals surface area (Å²) in [7, 11) is 0. The largest absolute Gasteiger partial charge is 0.329 e. The minimum absolute atomic E-state index is 0.155. The van der Waals surface area contributed by atoms with Crippen molar-refractivity contribution in [3.05, 3.63) is 88.2 Å². The van der Waals surface area contributed by atoms with Crippen molar-refractivity contribution in [2.45, 2.75) is 12.5 Å². The zero-order chi connectivity index (χ0) is 15.6. The van der Waals surface area contributed by atoms with Crippen LogP contribution in [-0.4, -0.2) is 16.5 Å². The van der Waals surface area contributed by atoms with Gasteiger partial charge in [-0.2, -0.15) is 0 Å². The molecule has 0 unspecified atom stereocenters. The Hall–Kier alpha value is -2.20. The van der Waals surface area contributed by atoms with Crippen LogP contribution in [0, 0.1) is 0 Å². The maximum atomic E-state index is 4.52. The molecule has 1 aliphatic rings. The zero-order valence-corrected chi connectivity index (χ0v) is 14.1. The Bertz CT molecular complexity index is 802. The predicted octanol–water partition coefficient (Wildman–Crippen LogP) is 4.39. The van der Waals surface area contributed by atoms with Crippen LogP contribution < -0.4 is 4.90 Å². The Morgan fingerprint density at radius 2 is 1.61 bits per heavy atom. The molecule has 23 heavy (non-hydrogen) atoms. The minimum atomic E-state index is 0.155. The van der Waals surface area contributed by atoms with Crippen molar-refractivity contribution in [3.63, 3.8) is 0 Å². The Morgan fingerprint density at radius 3 is 2.39 bits per heavy atom. The molecule has 0 radical (unpaired) electrons. The van der Waals surface area contributed by atoms with Crippen LogP contribution >= 0.6 is 15.9 Å². The third-order valence-corrected chi connectivity index (χ3v) is 4.67. The number of nitrogens with zero attached hydrogens (tertiary/aromatic N) is 3. The lowest BCUT2D eigenvalue weighted by atomic mass is 9.88. The van der Waals surface area contributed by atoms with E-state index in [2.05, 4.69) is 85.4 Å². The minimum Gasteiger partial charge on any atom is -0.329 e. The molecular weight excluding hydrogens is 350 g/mol. The van der Waals surface area contributed by atoms with Crippen molar-refractivity contribution in [1.82, 2.24) is 9.97 Å². The summed E-state index contributed by atoms with van der Waals surface area (Å²) in [6, 6.07) is 19.4. The number of rotatable bonds is 2. The van der Waals surface area contributed by atoms with Crippen molar-refractivity contribution in [3.8, 4) is 0 Å². The SMILES string of the molecule is Brc1cnc(N2CCc3ccccc3[C@@H]2c2ccccc2)nc1. The van der Waals surface area contributed by atoms with Crippen LogP contribution in [0.15, 0.2) is 71.5 Å². The molecule has 0 spiro atoms. The number of halogens is 1. The quantitative estimate of drug-likeness (QED) is 0.674. The van der Waals surface area contributed by atoms with Crippen LogP contribution in [0.2, 0.25) is 0 Å². The highest BCUT2D eigenvalue weighted by atomic mass is 79.9. The maximum Gasteiger partial charge on any atom is 0.226 e. The van der Waals surface area contributed by atoms with Crippen molar-refractivity contribution >= 4 is 21.9 Å². The van der Waals surface area contributed by atoms with Crippen LogP contribution in [0.5, 0.6) is 0 Å². The van der Waals surface area contributed by atoms with E-state index in [4.69, 9.17) is 0 Å². The molecular formula is C19H16BrN3. The molecule has 0 saturated carbocycles. The predicted molar refractivity (Wildman–Crippen MR) is 95.5 cm³/mol. The lowest BCUT2D eigenvalue weighted by molar-refractivity contribution is 0.634. The van der Waals surface area contributed by atoms with Gasteiger partial charge in [0.2, 0.25) is 5.95 Å². The summed E-state index contributed by atoms with van der Waals surface area (Å²) in [5, 5.41) is 0. The Labute approximate surface area is 144 Å². The van der Waals surface area contributed by atoms with Crippen LogP contribution in [-0.2, 0) is 6.42 Å². The molecule has 0 saturated heterocycles. The summed E-state index contributed by atoms with van der Waals surface area (Å²) in [5.74, 6) is 0.775. The van der Waals surface area contributed by atoms with Gasteiger partial charge in [-0.3, -0.25) is 0 Å². The van der Waals surface area contributed by atoms with Gasteiger partial charge < -0.3 is 4.90 Å². The summed E-state index contributed by atoms with van der Waals surface area (Å²) in [6.07, 6.45) is 4.63. The molecule has 0 fully saturated rings. The number of fused-ring (bicyclic) bond motifs is 1. The normalized spacial score (nSPS) is 16.9. The lowest BCUT2D eigenvalue weighted by Crippen LogP contribution is -2.37. The highest BCUT2D eigenvalue weighted by Gasteiger charge is 2.30. The van der Waals surface area contributed by atoms with Crippen LogP contribution in [0.3, 0.4) is 0 Å². The summed E-state index contributed by atoms with van der Waals surface area (Å²) in [4.78, 5) is 11.3. The van der Waals surface area contributed by atoms with Crippen molar-refractivity contribution < 1.29 is 0 Å². The Kier molecular flexibility index (Phi) is 3.83. The fourth-order valence-corrected chi connectivity index (χ4v) is 3.44. The van der Waals surface area contributed by atoms with Crippen molar-refractivity contribution in [2.75, 3.05) is 11.4 Å². The molecule has 1 aliphatic heterocycles. The monoisotopic (exact) mass is 365 g/mol. The van der Waals surface area contributed by atoms with E-state index >= 15 is 0 Å². The fraction of sp³-hybridized carbons (Fsp3) is 0.158. The van der Waals surface area contributed by atoms with E-state index in [1.807, 2.05) is 12.4 Å². The average molecular weight is 366 g/mol. The van der Waals surface area contributed by atoms with E-state index in [0.29, 0.717) is 0 Å². The van der Waals surface area contributed by atoms with Gasteiger partial charge in [-0.15, -0.1) is 0 Å². The fourth-order valence-electron chi connectivity index (χ4n) is 3.23. The van der Waals surface area contributed by atoms with E-state index < -0.39 is 0 Å². The number of aromatic nitrogens is 2. The van der Waals surface area contributed by atoms with Gasteiger partial charge in [0.15, 0.2) is 0 Å². The number of hydrogen-bond donors (Lipinski definition) is 0. The molecule has 0 bridgehead atoms. The van der Waals surface area contributed by atoms with Crippen molar-refractivity contribution in [1.29, 1.82) is 0 Å². The number of anilines is 1. The van der Waals surface area contributed by atoms with Crippen molar-refractivity contribution in [2.24, 2.45) is 0 Å². The Morgan fingerprint density at radius 1 is 0.913 bits per heavy atom. The number of benzene rings is 2. The second-order valence-corrected chi connectivity index (χ2v) is 6.57. The second-order valence-electron chi connectivity index (χ2n) is 5.66. The molecule has 2 heterocycles. The van der Waals surface area contributed by atoms with E-state index in [0.717, 1.165) is 23.4 Å². The van der Waals surface area contributed by atoms with Gasteiger partial charge in [0.05, 0.1) is 10.5 Å². The zero-order valence-electron chi connectivity index (χ0n) is 12.6. The average Bonchev–Trinajstić information content (AvgIpc) is 2.62. The molecule has 3 nitrogen and oxygen atoms in total. The van der Waals surface area contributed by atoms with Crippen LogP contribution in [0.4, 0.5) is 5.95 Å². The molecule has 1 aromatic heterocycles. The third-order valence-electron chi connectivity index (χ3n) is 4.26. The maximum absolute atomic E-state index is 4.52. The first-order chi connectivity index (χ1) is 11.3. The molecule has 4 rings (SSSR count). The summed E-state index contributed by atoms with van der Waals surface area (Å²) in [6.45, 7) is 0.915. The first kappa shape index (κ1) is 14.4. The lowest BCUT2D eigenvalue weighted by Gasteiger charge is -2.37. The molecule has 0 amide bonds. The van der Waals surface area contributed by atoms with Gasteiger partial charge in [0, 0.05) is 18.9 Å². The van der Waals surface area contributed by atoms with E-state index in [9.17, 15) is 0 Å². The number of hydrogen-bond acceptors (Lipinski definition) is 3. The molecule has 2 aromatic carbocycles. The van der Waals surface area contributed by atoms with Gasteiger partial charge in [-0.1, -0.05) is 54.6 Å². The first-order valence-electron chi connectivity index (χ1n) is 7.70. The van der Waals surface area contributed by atoms with Gasteiger partial charge >= 0.3 is 0 Å². The Balaban J connectivity index is 1.84. The summed E-state index contributed by atoms with van der Waals surface area (Å²) in [5.41, 5.74) is 4.03. The molecule has 3 aromatic rings. The van der Waals surface area contributed by atoms with Gasteiger partial charge in [-0.25, -0.2) is 9.97 Å². The standard InChI is InChI=1S/C19H16BrN3/c20-16-12-21-19(22-13-16)23-11-10-14-6-4-5-9-17(14)18(23)15-7-2-1-3-8-15/h1-9,12-13,18H,10-11H2/t18-/m0/s1. The molecule has 4 heteroatoms. The van der Waals surface area contributed by atoms with E-state index in [1.165, 1.54) is 16.7 Å². The first-order valence-corrected chi connectivity index (χ1v) is 8.49. The summed E-state index contributed by atoms with van der Waals surface area (Å²) >= 11 is 3.41. The second kappa shape index (κ2) is 6.13. The van der Waals surface area contributed by atoms with Gasteiger partial charge in [-0.05, 0) is 39.0 Å². The third kappa shape index (κ3) is 2.75. The van der Waals surface area contributed by atoms with Gasteiger partial charge in [0.25, 0.3) is 0 Å². The van der Waals surface area contributed by atoms with E-state index in [-0.39, 0.29) is 6.04 Å². The molecule has 114 valence electrons. The topological polar surface area (TPSA) is 29.0 Å². The molecule has 0 N–H and O–H groups in total. The van der Waals surface area contributed by atoms with Crippen LogP contribution in [0.1, 0.15) is 22.7 Å². The smallest absolute Gasteiger partial charge is 0.226 e. The van der Waals surface area contributed by atoms with E-state index in [1.54, 1.807) is 0 Å². The molecule has 0 aliphatic carbocycles. The van der Waals surface area contributed by atoms with Gasteiger partial charge in [0.1, 0.15) is 0 Å². The highest BCUT2D eigenvalue weighted by molar-refractivity contribution is 9.10. The summed E-state index contributed by atoms with van der Waals surface area (Å²) < 4.78 is 0.898. The van der Waals surface area contributed by atoms with Crippen LogP contribution in [0.25, 0.3) is 0 Å². The highest BCUT2D eigenvalue weighted by Crippen LogP contribution is 2.36. The molecule has 1 atom stereocenters.